The van der Waals surface area contributed by atoms with Crippen LogP contribution in [0.4, 0.5) is 5.69 Å². The van der Waals surface area contributed by atoms with Crippen LogP contribution in [0.3, 0.4) is 0 Å². The Morgan fingerprint density at radius 1 is 1.33 bits per heavy atom. The number of hydrogen-bond donors (Lipinski definition) is 2. The number of nitrogens with zero attached hydrogens (tertiary/aromatic N) is 4. The van der Waals surface area contributed by atoms with Gasteiger partial charge in [-0.05, 0) is 26.3 Å². The lowest BCUT2D eigenvalue weighted by Gasteiger charge is -2.12. The lowest BCUT2D eigenvalue weighted by Crippen LogP contribution is -2.31. The van der Waals surface area contributed by atoms with Gasteiger partial charge in [-0.25, -0.2) is 4.98 Å². The summed E-state index contributed by atoms with van der Waals surface area (Å²) in [6, 6.07) is 9.41. The summed E-state index contributed by atoms with van der Waals surface area (Å²) in [5, 5.41) is 18.0. The summed E-state index contributed by atoms with van der Waals surface area (Å²) in [5.41, 5.74) is 2.45. The quantitative estimate of drug-likeness (QED) is 0.512. The second-order valence-electron chi connectivity index (χ2n) is 6.27. The van der Waals surface area contributed by atoms with Gasteiger partial charge in [0.05, 0.1) is 22.9 Å². The number of aryl methyl sites for hydroxylation is 1. The molecule has 140 valence electrons. The molecule has 2 heterocycles. The van der Waals surface area contributed by atoms with E-state index in [-0.39, 0.29) is 29.9 Å². The van der Waals surface area contributed by atoms with E-state index in [1.807, 2.05) is 37.3 Å². The third kappa shape index (κ3) is 3.86. The van der Waals surface area contributed by atoms with Crippen molar-refractivity contribution in [2.24, 2.45) is 0 Å². The zero-order chi connectivity index (χ0) is 19.6. The second-order valence-corrected chi connectivity index (χ2v) is 6.27. The maximum Gasteiger partial charge on any atom is 0.312 e. The van der Waals surface area contributed by atoms with Crippen LogP contribution in [0.15, 0.2) is 36.5 Å². The predicted molar refractivity (Wildman–Crippen MR) is 98.9 cm³/mol. The molecular weight excluding hydrogens is 348 g/mol. The van der Waals surface area contributed by atoms with Crippen LogP contribution in [0.5, 0.6) is 0 Å². The first-order chi connectivity index (χ1) is 12.9. The topological polar surface area (TPSA) is 119 Å². The van der Waals surface area contributed by atoms with E-state index < -0.39 is 4.92 Å². The molecule has 1 aromatic carbocycles. The molecule has 1 amide bonds. The Morgan fingerprint density at radius 3 is 2.67 bits per heavy atom. The molecule has 1 unspecified atom stereocenters. The minimum atomic E-state index is -0.483. The zero-order valence-electron chi connectivity index (χ0n) is 15.3. The van der Waals surface area contributed by atoms with Gasteiger partial charge in [0.2, 0.25) is 5.91 Å². The number of amides is 1. The first-order valence-corrected chi connectivity index (χ1v) is 8.45. The van der Waals surface area contributed by atoms with Crippen LogP contribution in [0.25, 0.3) is 11.3 Å². The molecule has 0 saturated heterocycles. The summed E-state index contributed by atoms with van der Waals surface area (Å²) in [6.45, 7) is 4.84. The Hall–Kier alpha value is -3.49. The fourth-order valence-corrected chi connectivity index (χ4v) is 2.92. The Balaban J connectivity index is 1.67. The number of rotatable bonds is 6. The molecule has 3 aromatic rings. The number of H-pyrrole nitrogens is 1. The van der Waals surface area contributed by atoms with Crippen molar-refractivity contribution in [1.82, 2.24) is 25.1 Å². The van der Waals surface area contributed by atoms with Crippen LogP contribution in [-0.2, 0) is 11.3 Å². The van der Waals surface area contributed by atoms with Crippen molar-refractivity contribution in [1.29, 1.82) is 0 Å². The van der Waals surface area contributed by atoms with Crippen molar-refractivity contribution in [3.8, 4) is 11.3 Å². The lowest BCUT2D eigenvalue weighted by atomic mass is 10.2. The van der Waals surface area contributed by atoms with Gasteiger partial charge >= 0.3 is 5.69 Å². The Labute approximate surface area is 155 Å². The van der Waals surface area contributed by atoms with Gasteiger partial charge in [-0.15, -0.1) is 0 Å². The van der Waals surface area contributed by atoms with Crippen molar-refractivity contribution in [3.63, 3.8) is 0 Å². The maximum atomic E-state index is 12.3. The first kappa shape index (κ1) is 18.3. The number of carbonyl (C=O) groups excluding carboxylic acids is 1. The molecule has 2 N–H and O–H groups in total. The number of aromatic amines is 1. The smallest absolute Gasteiger partial charge is 0.312 e. The van der Waals surface area contributed by atoms with Crippen molar-refractivity contribution >= 4 is 11.6 Å². The van der Waals surface area contributed by atoms with Crippen LogP contribution < -0.4 is 5.32 Å². The van der Waals surface area contributed by atoms with Crippen molar-refractivity contribution < 1.29 is 9.72 Å². The van der Waals surface area contributed by atoms with Crippen LogP contribution in [-0.4, -0.2) is 30.6 Å². The summed E-state index contributed by atoms with van der Waals surface area (Å²) in [4.78, 5) is 30.4. The van der Waals surface area contributed by atoms with E-state index in [1.165, 1.54) is 4.68 Å². The molecule has 1 atom stereocenters. The van der Waals surface area contributed by atoms with Gasteiger partial charge in [-0.2, -0.15) is 5.10 Å². The predicted octanol–water partition coefficient (Wildman–Crippen LogP) is 2.68. The van der Waals surface area contributed by atoms with E-state index in [0.29, 0.717) is 11.5 Å². The number of carbonyl (C=O) groups is 1. The van der Waals surface area contributed by atoms with E-state index in [2.05, 4.69) is 20.4 Å². The molecule has 0 bridgehead atoms. The number of nitrogens with one attached hydrogen (secondary N) is 2. The summed E-state index contributed by atoms with van der Waals surface area (Å²) in [6.07, 6.45) is 1.72. The monoisotopic (exact) mass is 368 g/mol. The second kappa shape index (κ2) is 7.40. The van der Waals surface area contributed by atoms with Gasteiger partial charge in [-0.1, -0.05) is 30.3 Å². The minimum absolute atomic E-state index is 0.0608. The molecule has 27 heavy (non-hydrogen) atoms. The SMILES string of the molecule is Cc1nn(CC(=O)NC(C)c2ncc(-c3ccccc3)[nH]2)c(C)c1[N+](=O)[O-]. The Morgan fingerprint density at radius 2 is 2.04 bits per heavy atom. The molecule has 2 aromatic heterocycles. The third-order valence-corrected chi connectivity index (χ3v) is 4.29. The molecule has 0 aliphatic carbocycles. The zero-order valence-corrected chi connectivity index (χ0v) is 15.3. The number of hydrogen-bond acceptors (Lipinski definition) is 5. The lowest BCUT2D eigenvalue weighted by molar-refractivity contribution is -0.386. The molecule has 9 nitrogen and oxygen atoms in total. The summed E-state index contributed by atoms with van der Waals surface area (Å²) in [5.74, 6) is 0.321. The van der Waals surface area contributed by atoms with Crippen LogP contribution >= 0.6 is 0 Å². The van der Waals surface area contributed by atoms with Crippen LogP contribution in [0.2, 0.25) is 0 Å². The molecule has 0 fully saturated rings. The number of imidazole rings is 1. The Bertz CT molecular complexity index is 976. The van der Waals surface area contributed by atoms with Crippen molar-refractivity contribution in [3.05, 3.63) is 63.9 Å². The first-order valence-electron chi connectivity index (χ1n) is 8.45. The maximum absolute atomic E-state index is 12.3. The minimum Gasteiger partial charge on any atom is -0.345 e. The van der Waals surface area contributed by atoms with Gasteiger partial charge in [-0.3, -0.25) is 19.6 Å². The largest absolute Gasteiger partial charge is 0.345 e. The fraction of sp³-hybridized carbons (Fsp3) is 0.278. The van der Waals surface area contributed by atoms with E-state index in [0.717, 1.165) is 11.3 Å². The Kier molecular flexibility index (Phi) is 5.02. The highest BCUT2D eigenvalue weighted by atomic mass is 16.6. The fourth-order valence-electron chi connectivity index (χ4n) is 2.92. The highest BCUT2D eigenvalue weighted by molar-refractivity contribution is 5.76. The van der Waals surface area contributed by atoms with Crippen LogP contribution in [0.1, 0.15) is 30.2 Å². The van der Waals surface area contributed by atoms with Gasteiger partial charge in [0.15, 0.2) is 0 Å². The summed E-state index contributed by atoms with van der Waals surface area (Å²) in [7, 11) is 0. The highest BCUT2D eigenvalue weighted by Crippen LogP contribution is 2.22. The molecule has 9 heteroatoms. The van der Waals surface area contributed by atoms with Crippen molar-refractivity contribution in [2.45, 2.75) is 33.4 Å². The average molecular weight is 368 g/mol. The molecule has 0 saturated carbocycles. The molecule has 0 aliphatic heterocycles. The summed E-state index contributed by atoms with van der Waals surface area (Å²) >= 11 is 0. The average Bonchev–Trinajstić information content (AvgIpc) is 3.21. The normalized spacial score (nSPS) is 12.0. The molecule has 3 rings (SSSR count). The number of nitro groups is 1. The molecule has 0 spiro atoms. The van der Waals surface area contributed by atoms with Gasteiger partial charge < -0.3 is 10.3 Å². The third-order valence-electron chi connectivity index (χ3n) is 4.29. The molecule has 0 radical (unpaired) electrons. The number of aromatic nitrogens is 4. The standard InChI is InChI=1S/C18H20N6O3/c1-11-17(24(26)27)13(3)23(22-11)10-16(25)20-12(2)18-19-9-15(21-18)14-7-5-4-6-8-14/h4-9,12H,10H2,1-3H3,(H,19,21)(H,20,25). The van der Waals surface area contributed by atoms with E-state index >= 15 is 0 Å². The van der Waals surface area contributed by atoms with Gasteiger partial charge in [0, 0.05) is 0 Å². The van der Waals surface area contributed by atoms with E-state index in [9.17, 15) is 14.9 Å². The molecule has 0 aliphatic rings. The van der Waals surface area contributed by atoms with Gasteiger partial charge in [0.25, 0.3) is 0 Å². The van der Waals surface area contributed by atoms with Crippen LogP contribution in [0, 0.1) is 24.0 Å². The van der Waals surface area contributed by atoms with E-state index in [4.69, 9.17) is 0 Å². The summed E-state index contributed by atoms with van der Waals surface area (Å²) < 4.78 is 1.34. The highest BCUT2D eigenvalue weighted by Gasteiger charge is 2.23. The van der Waals surface area contributed by atoms with E-state index in [1.54, 1.807) is 20.0 Å². The van der Waals surface area contributed by atoms with Gasteiger partial charge in [0.1, 0.15) is 23.8 Å². The molecular formula is C18H20N6O3. The number of benzene rings is 1. The van der Waals surface area contributed by atoms with Crippen molar-refractivity contribution in [2.75, 3.05) is 0 Å².